The van der Waals surface area contributed by atoms with Crippen LogP contribution in [-0.4, -0.2) is 0 Å². The first kappa shape index (κ1) is 25.6. The first-order chi connectivity index (χ1) is 21.6. The molecule has 2 heterocycles. The highest BCUT2D eigenvalue weighted by Gasteiger charge is 2.45. The predicted octanol–water partition coefficient (Wildman–Crippen LogP) is 11.1. The van der Waals surface area contributed by atoms with Crippen molar-refractivity contribution in [2.24, 2.45) is 0 Å². The van der Waals surface area contributed by atoms with Crippen molar-refractivity contribution in [3.05, 3.63) is 149 Å². The third kappa shape index (κ3) is 3.41. The molecular formula is C43H35N. The van der Waals surface area contributed by atoms with Crippen LogP contribution in [0.15, 0.2) is 121 Å². The summed E-state index contributed by atoms with van der Waals surface area (Å²) >= 11 is 0. The van der Waals surface area contributed by atoms with Gasteiger partial charge in [-0.25, -0.2) is 0 Å². The summed E-state index contributed by atoms with van der Waals surface area (Å²) in [6.45, 7) is 9.18. The number of hydrogen-bond donors (Lipinski definition) is 0. The fourth-order valence-electron chi connectivity index (χ4n) is 8.65. The summed E-state index contributed by atoms with van der Waals surface area (Å²) in [5, 5.41) is 0. The summed E-state index contributed by atoms with van der Waals surface area (Å²) < 4.78 is 0. The fourth-order valence-corrected chi connectivity index (χ4v) is 8.65. The summed E-state index contributed by atoms with van der Waals surface area (Å²) in [5.74, 6) is 0. The minimum atomic E-state index is -0.188. The first-order valence-corrected chi connectivity index (χ1v) is 16.0. The van der Waals surface area contributed by atoms with Crippen LogP contribution in [0.2, 0.25) is 0 Å². The van der Waals surface area contributed by atoms with Crippen molar-refractivity contribution < 1.29 is 0 Å². The van der Waals surface area contributed by atoms with Crippen LogP contribution in [0.3, 0.4) is 0 Å². The van der Waals surface area contributed by atoms with Gasteiger partial charge in [-0.15, -0.1) is 0 Å². The Bertz CT molecular complexity index is 2120. The van der Waals surface area contributed by atoms with Gasteiger partial charge in [-0.05, 0) is 90.9 Å². The Morgan fingerprint density at radius 2 is 1.05 bits per heavy atom. The zero-order valence-corrected chi connectivity index (χ0v) is 25.6. The molecule has 1 nitrogen and oxygen atoms in total. The van der Waals surface area contributed by atoms with E-state index in [1.165, 1.54) is 89.1 Å². The quantitative estimate of drug-likeness (QED) is 0.206. The minimum Gasteiger partial charge on any atom is -0.362 e. The largest absolute Gasteiger partial charge is 0.362 e. The fraction of sp³-hybridized carbons (Fsp3) is 0.163. The van der Waals surface area contributed by atoms with E-state index < -0.39 is 0 Å². The number of nitrogens with zero attached hydrogens (tertiary/aromatic N) is 1. The molecule has 3 aliphatic rings. The van der Waals surface area contributed by atoms with Crippen molar-refractivity contribution in [1.29, 1.82) is 0 Å². The van der Waals surface area contributed by atoms with Crippen LogP contribution in [0.5, 0.6) is 0 Å². The third-order valence-corrected chi connectivity index (χ3v) is 10.4. The molecule has 1 heteroatoms. The van der Waals surface area contributed by atoms with Gasteiger partial charge in [0.2, 0.25) is 0 Å². The molecule has 0 fully saturated rings. The highest BCUT2D eigenvalue weighted by atomic mass is 15.1. The predicted molar refractivity (Wildman–Crippen MR) is 185 cm³/mol. The van der Waals surface area contributed by atoms with Gasteiger partial charge in [0.25, 0.3) is 0 Å². The van der Waals surface area contributed by atoms with Gasteiger partial charge in [0.1, 0.15) is 0 Å². The molecule has 212 valence electrons. The number of rotatable bonds is 3. The highest BCUT2D eigenvalue weighted by Crippen LogP contribution is 2.62. The van der Waals surface area contributed by atoms with Gasteiger partial charge in [-0.3, -0.25) is 0 Å². The Morgan fingerprint density at radius 3 is 1.70 bits per heavy atom. The van der Waals surface area contributed by atoms with Crippen molar-refractivity contribution in [2.75, 3.05) is 4.90 Å². The minimum absolute atomic E-state index is 0.188. The maximum absolute atomic E-state index is 2.64. The molecule has 9 rings (SSSR count). The van der Waals surface area contributed by atoms with Crippen molar-refractivity contribution in [3.63, 3.8) is 0 Å². The number of benzene rings is 6. The van der Waals surface area contributed by atoms with Crippen LogP contribution in [0.25, 0.3) is 55.6 Å². The second kappa shape index (κ2) is 9.31. The molecule has 0 bridgehead atoms. The smallest absolute Gasteiger partial charge is 0.0535 e. The van der Waals surface area contributed by atoms with E-state index in [1.807, 2.05) is 0 Å². The van der Waals surface area contributed by atoms with Crippen LogP contribution in [0.1, 0.15) is 48.6 Å². The molecular weight excluding hydrogens is 530 g/mol. The summed E-state index contributed by atoms with van der Waals surface area (Å²) in [4.78, 5) is 2.64. The molecule has 2 aliphatic heterocycles. The van der Waals surface area contributed by atoms with Gasteiger partial charge < -0.3 is 4.90 Å². The van der Waals surface area contributed by atoms with E-state index in [4.69, 9.17) is 0 Å². The van der Waals surface area contributed by atoms with Crippen LogP contribution in [-0.2, 0) is 24.9 Å². The van der Waals surface area contributed by atoms with Gasteiger partial charge in [0.05, 0.1) is 5.69 Å². The topological polar surface area (TPSA) is 3.24 Å². The lowest BCUT2D eigenvalue weighted by molar-refractivity contribution is 0.660. The van der Waals surface area contributed by atoms with E-state index in [1.54, 1.807) is 0 Å². The van der Waals surface area contributed by atoms with E-state index in [0.717, 1.165) is 19.5 Å². The Labute approximate surface area is 260 Å². The second-order valence-corrected chi connectivity index (χ2v) is 13.2. The lowest BCUT2D eigenvalue weighted by Crippen LogP contribution is -2.31. The van der Waals surface area contributed by atoms with Crippen LogP contribution < -0.4 is 4.90 Å². The summed E-state index contributed by atoms with van der Waals surface area (Å²) in [5.41, 5.74) is 22.2. The van der Waals surface area contributed by atoms with E-state index >= 15 is 0 Å². The molecule has 0 unspecified atom stereocenters. The molecule has 1 aliphatic carbocycles. The first-order valence-electron chi connectivity index (χ1n) is 16.0. The standard InChI is InChI=1S/C43H35N/c1-4-31-34(27-15-7-5-8-16-27)23-35-36-24-37-32-21-13-11-19-29(32)25-44-26-30-20-12-14-22-33(30)39(42(37)44)41(36)43(2,3)40(35)38(31)28-17-9-6-10-18-28/h5-24H,4,25-26H2,1-3H3. The normalized spacial score (nSPS) is 14.8. The lowest BCUT2D eigenvalue weighted by Gasteiger charge is -2.41. The summed E-state index contributed by atoms with van der Waals surface area (Å²) in [6, 6.07) is 45.4. The second-order valence-electron chi connectivity index (χ2n) is 13.2. The summed E-state index contributed by atoms with van der Waals surface area (Å²) in [6.07, 6.45) is 0.974. The number of anilines is 1. The zero-order chi connectivity index (χ0) is 29.6. The van der Waals surface area contributed by atoms with Gasteiger partial charge in [-0.1, -0.05) is 130 Å². The van der Waals surface area contributed by atoms with Crippen LogP contribution in [0, 0.1) is 0 Å². The Balaban J connectivity index is 1.46. The van der Waals surface area contributed by atoms with Crippen molar-refractivity contribution in [1.82, 2.24) is 0 Å². The van der Waals surface area contributed by atoms with Crippen molar-refractivity contribution in [2.45, 2.75) is 45.7 Å². The number of fused-ring (bicyclic) bond motifs is 8. The SMILES string of the molecule is CCc1c(-c2ccccc2)cc2c(c1-c1ccccc1)C(C)(C)c1c-2cc2c3c1-c1ccccc1CN3Cc1ccccc1-2. The summed E-state index contributed by atoms with van der Waals surface area (Å²) in [7, 11) is 0. The van der Waals surface area contributed by atoms with Crippen molar-refractivity contribution in [3.8, 4) is 55.6 Å². The highest BCUT2D eigenvalue weighted by molar-refractivity contribution is 6.06. The van der Waals surface area contributed by atoms with Crippen LogP contribution in [0.4, 0.5) is 5.69 Å². The molecule has 0 N–H and O–H groups in total. The van der Waals surface area contributed by atoms with E-state index in [9.17, 15) is 0 Å². The molecule has 6 aromatic carbocycles. The Morgan fingerprint density at radius 1 is 0.523 bits per heavy atom. The molecule has 0 saturated carbocycles. The maximum atomic E-state index is 2.64. The van der Waals surface area contributed by atoms with E-state index in [2.05, 4.69) is 147 Å². The molecule has 0 spiro atoms. The van der Waals surface area contributed by atoms with Crippen molar-refractivity contribution >= 4 is 5.69 Å². The molecule has 0 aromatic heterocycles. The Kier molecular flexibility index (Phi) is 5.42. The molecule has 44 heavy (non-hydrogen) atoms. The zero-order valence-electron chi connectivity index (χ0n) is 25.6. The average Bonchev–Trinajstić information content (AvgIpc) is 3.30. The number of hydrogen-bond acceptors (Lipinski definition) is 1. The molecule has 6 aromatic rings. The maximum Gasteiger partial charge on any atom is 0.0535 e. The van der Waals surface area contributed by atoms with Gasteiger partial charge in [0, 0.05) is 29.6 Å². The molecule has 0 atom stereocenters. The van der Waals surface area contributed by atoms with Gasteiger partial charge in [-0.2, -0.15) is 0 Å². The lowest BCUT2D eigenvalue weighted by atomic mass is 9.72. The third-order valence-electron chi connectivity index (χ3n) is 10.4. The average molecular weight is 566 g/mol. The Hall–Kier alpha value is -4.88. The molecule has 0 radical (unpaired) electrons. The monoisotopic (exact) mass is 565 g/mol. The molecule has 0 amide bonds. The van der Waals surface area contributed by atoms with Gasteiger partial charge in [0.15, 0.2) is 0 Å². The van der Waals surface area contributed by atoms with Crippen LogP contribution >= 0.6 is 0 Å². The van der Waals surface area contributed by atoms with Gasteiger partial charge >= 0.3 is 0 Å². The molecule has 0 saturated heterocycles. The van der Waals surface area contributed by atoms with E-state index in [0.29, 0.717) is 0 Å². The van der Waals surface area contributed by atoms with E-state index in [-0.39, 0.29) is 5.41 Å².